The Kier molecular flexibility index (Phi) is 2.46. The van der Waals surface area contributed by atoms with Crippen molar-refractivity contribution in [2.45, 2.75) is 32.6 Å². The molecule has 1 N–H and O–H groups in total. The number of hydrogen-bond acceptors (Lipinski definition) is 2. The summed E-state index contributed by atoms with van der Waals surface area (Å²) in [5.74, 6) is 1.22. The van der Waals surface area contributed by atoms with Crippen LogP contribution in [0.25, 0.3) is 16.8 Å². The lowest BCUT2D eigenvalue weighted by molar-refractivity contribution is 0.521. The highest BCUT2D eigenvalue weighted by Crippen LogP contribution is 2.42. The second-order valence-electron chi connectivity index (χ2n) is 5.79. The maximum atomic E-state index is 4.55. The summed E-state index contributed by atoms with van der Waals surface area (Å²) in [6.45, 7) is 4.49. The number of hydrogen-bond donors (Lipinski definition) is 1. The third kappa shape index (κ3) is 1.54. The Morgan fingerprint density at radius 1 is 1.30 bits per heavy atom. The quantitative estimate of drug-likeness (QED) is 0.683. The first kappa shape index (κ1) is 11.7. The van der Waals surface area contributed by atoms with E-state index in [0.29, 0.717) is 11.8 Å². The van der Waals surface area contributed by atoms with Crippen LogP contribution in [0, 0.1) is 5.92 Å². The van der Waals surface area contributed by atoms with Gasteiger partial charge in [-0.2, -0.15) is 0 Å². The lowest BCUT2D eigenvalue weighted by Crippen LogP contribution is -2.06. The summed E-state index contributed by atoms with van der Waals surface area (Å²) in [6.07, 6.45) is 10.4. The van der Waals surface area contributed by atoms with Gasteiger partial charge < -0.3 is 4.98 Å². The molecule has 20 heavy (non-hydrogen) atoms. The van der Waals surface area contributed by atoms with Crippen LogP contribution in [0.4, 0.5) is 0 Å². The fourth-order valence-corrected chi connectivity index (χ4v) is 3.51. The van der Waals surface area contributed by atoms with E-state index in [1.807, 2.05) is 18.6 Å². The van der Waals surface area contributed by atoms with Crippen LogP contribution in [0.3, 0.4) is 0 Å². The van der Waals surface area contributed by atoms with Crippen LogP contribution in [-0.4, -0.2) is 19.4 Å². The number of H-pyrrole nitrogens is 1. The number of fused-ring (bicyclic) bond motifs is 3. The molecule has 3 aromatic rings. The number of allylic oxidation sites excluding steroid dienone is 2. The number of nitrogens with zero attached hydrogens (tertiary/aromatic N) is 3. The lowest BCUT2D eigenvalue weighted by Gasteiger charge is -2.14. The molecule has 0 bridgehead atoms. The molecule has 102 valence electrons. The van der Waals surface area contributed by atoms with Gasteiger partial charge in [-0.25, -0.2) is 9.97 Å². The van der Waals surface area contributed by atoms with Gasteiger partial charge in [-0.05, 0) is 31.7 Å². The second-order valence-corrected chi connectivity index (χ2v) is 5.79. The minimum atomic E-state index is 0.552. The van der Waals surface area contributed by atoms with Crippen LogP contribution in [0.5, 0.6) is 0 Å². The van der Waals surface area contributed by atoms with Crippen molar-refractivity contribution in [2.75, 3.05) is 0 Å². The Labute approximate surface area is 117 Å². The highest BCUT2D eigenvalue weighted by molar-refractivity contribution is 5.74. The molecular formula is C16H18N4. The van der Waals surface area contributed by atoms with Gasteiger partial charge in [0.2, 0.25) is 0 Å². The van der Waals surface area contributed by atoms with E-state index in [1.165, 1.54) is 12.1 Å². The zero-order chi connectivity index (χ0) is 13.7. The third-order valence-electron chi connectivity index (χ3n) is 4.61. The van der Waals surface area contributed by atoms with Crippen molar-refractivity contribution in [1.29, 1.82) is 0 Å². The Bertz CT molecular complexity index is 808. The summed E-state index contributed by atoms with van der Waals surface area (Å²) in [6, 6.07) is 2.08. The van der Waals surface area contributed by atoms with Crippen LogP contribution >= 0.6 is 0 Å². The standard InChI is InChI=1S/C16H18N4/c1-3-11-6-10(2)12(7-11)14-8-18-15-9-19-16-13(20(14)15)4-5-17-16/h3-5,8-10,12,17H,6-7H2,1-2H3/b11-3-. The number of nitrogens with one attached hydrogen (secondary N) is 1. The summed E-state index contributed by atoms with van der Waals surface area (Å²) >= 11 is 0. The Balaban J connectivity index is 1.94. The molecule has 1 saturated carbocycles. The normalized spacial score (nSPS) is 25.2. The summed E-state index contributed by atoms with van der Waals surface area (Å²) < 4.78 is 2.26. The van der Waals surface area contributed by atoms with Crippen LogP contribution < -0.4 is 0 Å². The van der Waals surface area contributed by atoms with E-state index in [1.54, 1.807) is 5.57 Å². The summed E-state index contributed by atoms with van der Waals surface area (Å²) in [5.41, 5.74) is 5.87. The molecule has 3 heterocycles. The van der Waals surface area contributed by atoms with E-state index in [0.717, 1.165) is 23.2 Å². The molecule has 4 heteroatoms. The zero-order valence-corrected chi connectivity index (χ0v) is 11.8. The highest BCUT2D eigenvalue weighted by atomic mass is 15.1. The Hall–Kier alpha value is -2.10. The lowest BCUT2D eigenvalue weighted by atomic mass is 9.95. The van der Waals surface area contributed by atoms with E-state index < -0.39 is 0 Å². The van der Waals surface area contributed by atoms with Gasteiger partial charge in [-0.3, -0.25) is 4.40 Å². The Morgan fingerprint density at radius 2 is 2.20 bits per heavy atom. The van der Waals surface area contributed by atoms with Gasteiger partial charge in [-0.15, -0.1) is 0 Å². The molecule has 0 amide bonds. The van der Waals surface area contributed by atoms with Crippen molar-refractivity contribution < 1.29 is 0 Å². The first-order valence-corrected chi connectivity index (χ1v) is 7.21. The van der Waals surface area contributed by atoms with Crippen LogP contribution in [0.2, 0.25) is 0 Å². The molecule has 1 fully saturated rings. The summed E-state index contributed by atoms with van der Waals surface area (Å²) in [7, 11) is 0. The van der Waals surface area contributed by atoms with Crippen molar-refractivity contribution in [3.05, 3.63) is 42.0 Å². The van der Waals surface area contributed by atoms with Crippen molar-refractivity contribution in [1.82, 2.24) is 19.4 Å². The molecule has 0 aromatic carbocycles. The van der Waals surface area contributed by atoms with Gasteiger partial charge in [0.05, 0.1) is 11.7 Å². The van der Waals surface area contributed by atoms with E-state index in [9.17, 15) is 0 Å². The van der Waals surface area contributed by atoms with Crippen LogP contribution in [-0.2, 0) is 0 Å². The average molecular weight is 266 g/mol. The molecule has 2 atom stereocenters. The van der Waals surface area contributed by atoms with Crippen molar-refractivity contribution in [3.8, 4) is 0 Å². The maximum Gasteiger partial charge on any atom is 0.156 e. The third-order valence-corrected chi connectivity index (χ3v) is 4.61. The summed E-state index contributed by atoms with van der Waals surface area (Å²) in [4.78, 5) is 12.1. The summed E-state index contributed by atoms with van der Waals surface area (Å²) in [5, 5.41) is 0. The Morgan fingerprint density at radius 3 is 3.00 bits per heavy atom. The van der Waals surface area contributed by atoms with Gasteiger partial charge in [0.25, 0.3) is 0 Å². The average Bonchev–Trinajstić information content (AvgIpc) is 3.13. The first-order chi connectivity index (χ1) is 9.78. The smallest absolute Gasteiger partial charge is 0.156 e. The number of rotatable bonds is 1. The SMILES string of the molecule is C/C=C1/CC(C)C(c2cnc3cnc4[nH]ccc4n23)C1. The molecule has 0 saturated heterocycles. The fourth-order valence-electron chi connectivity index (χ4n) is 3.51. The second kappa shape index (κ2) is 4.20. The minimum absolute atomic E-state index is 0.552. The van der Waals surface area contributed by atoms with Gasteiger partial charge in [0, 0.05) is 24.0 Å². The monoisotopic (exact) mass is 266 g/mol. The van der Waals surface area contributed by atoms with Gasteiger partial charge >= 0.3 is 0 Å². The molecular weight excluding hydrogens is 248 g/mol. The molecule has 4 rings (SSSR count). The van der Waals surface area contributed by atoms with Crippen LogP contribution in [0.1, 0.15) is 38.3 Å². The predicted molar refractivity (Wildman–Crippen MR) is 79.7 cm³/mol. The number of imidazole rings is 1. The van der Waals surface area contributed by atoms with E-state index in [2.05, 4.69) is 45.3 Å². The highest BCUT2D eigenvalue weighted by Gasteiger charge is 2.30. The van der Waals surface area contributed by atoms with Gasteiger partial charge in [0.15, 0.2) is 11.3 Å². The van der Waals surface area contributed by atoms with E-state index in [4.69, 9.17) is 0 Å². The predicted octanol–water partition coefficient (Wildman–Crippen LogP) is 3.67. The molecule has 1 aliphatic rings. The van der Waals surface area contributed by atoms with Crippen molar-refractivity contribution in [3.63, 3.8) is 0 Å². The fraction of sp³-hybridized carbons (Fsp3) is 0.375. The molecule has 3 aromatic heterocycles. The molecule has 2 unspecified atom stereocenters. The number of aromatic nitrogens is 4. The maximum absolute atomic E-state index is 4.55. The zero-order valence-electron chi connectivity index (χ0n) is 11.8. The van der Waals surface area contributed by atoms with Crippen LogP contribution in [0.15, 0.2) is 36.3 Å². The van der Waals surface area contributed by atoms with Crippen molar-refractivity contribution >= 4 is 16.8 Å². The topological polar surface area (TPSA) is 46.0 Å². The molecule has 0 radical (unpaired) electrons. The number of aromatic amines is 1. The van der Waals surface area contributed by atoms with E-state index >= 15 is 0 Å². The minimum Gasteiger partial charge on any atom is -0.345 e. The largest absolute Gasteiger partial charge is 0.345 e. The molecule has 1 aliphatic carbocycles. The first-order valence-electron chi connectivity index (χ1n) is 7.21. The van der Waals surface area contributed by atoms with Gasteiger partial charge in [0.1, 0.15) is 0 Å². The van der Waals surface area contributed by atoms with Gasteiger partial charge in [-0.1, -0.05) is 18.6 Å². The molecule has 4 nitrogen and oxygen atoms in total. The van der Waals surface area contributed by atoms with E-state index in [-0.39, 0.29) is 0 Å². The molecule has 0 aliphatic heterocycles. The van der Waals surface area contributed by atoms with Crippen molar-refractivity contribution in [2.24, 2.45) is 5.92 Å². The molecule has 0 spiro atoms.